The zero-order valence-corrected chi connectivity index (χ0v) is 16.6. The molecule has 1 unspecified atom stereocenters. The predicted molar refractivity (Wildman–Crippen MR) is 107 cm³/mol. The van der Waals surface area contributed by atoms with E-state index in [1.807, 2.05) is 37.4 Å². The lowest BCUT2D eigenvalue weighted by Crippen LogP contribution is -2.46. The number of aryl methyl sites for hydroxylation is 1. The maximum Gasteiger partial charge on any atom is 0.241 e. The van der Waals surface area contributed by atoms with Crippen LogP contribution in [0.2, 0.25) is 0 Å². The number of carbonyl (C=O) groups is 1. The van der Waals surface area contributed by atoms with Crippen LogP contribution in [0.1, 0.15) is 17.5 Å². The summed E-state index contributed by atoms with van der Waals surface area (Å²) in [4.78, 5) is 12.7. The van der Waals surface area contributed by atoms with E-state index in [9.17, 15) is 13.2 Å². The molecule has 0 aliphatic rings. The van der Waals surface area contributed by atoms with Crippen LogP contribution in [0.25, 0.3) is 0 Å². The molecule has 0 aromatic heterocycles. The summed E-state index contributed by atoms with van der Waals surface area (Å²) in [6.45, 7) is 2.36. The largest absolute Gasteiger partial charge is 0.351 e. The van der Waals surface area contributed by atoms with Crippen LogP contribution in [-0.2, 0) is 21.4 Å². The summed E-state index contributed by atoms with van der Waals surface area (Å²) in [6.07, 6.45) is 2.35. The summed E-state index contributed by atoms with van der Waals surface area (Å²) in [6, 6.07) is 15.1. The Bertz CT molecular complexity index is 806. The van der Waals surface area contributed by atoms with Gasteiger partial charge in [0.1, 0.15) is 6.04 Å². The standard InChI is InChI=1S/C19H24N2O3S2/c1-15-8-10-16(11-9-15)14-20-19(22)18(12-13-25-2)21-26(23,24)17-6-4-3-5-7-17/h3-11,18,21H,12-14H2,1-2H3,(H,20,22). The Morgan fingerprint density at radius 2 is 1.73 bits per heavy atom. The summed E-state index contributed by atoms with van der Waals surface area (Å²) < 4.78 is 27.6. The Kier molecular flexibility index (Phi) is 7.68. The molecule has 2 rings (SSSR count). The van der Waals surface area contributed by atoms with Gasteiger partial charge in [0.05, 0.1) is 4.90 Å². The molecule has 2 aromatic rings. The first kappa shape index (κ1) is 20.5. The van der Waals surface area contributed by atoms with Gasteiger partial charge >= 0.3 is 0 Å². The summed E-state index contributed by atoms with van der Waals surface area (Å²) in [5, 5.41) is 2.83. The van der Waals surface area contributed by atoms with Crippen LogP contribution < -0.4 is 10.0 Å². The molecule has 0 radical (unpaired) electrons. The van der Waals surface area contributed by atoms with Crippen LogP contribution in [0.4, 0.5) is 0 Å². The molecule has 140 valence electrons. The molecule has 2 N–H and O–H groups in total. The van der Waals surface area contributed by atoms with E-state index in [0.717, 1.165) is 11.1 Å². The third kappa shape index (κ3) is 6.16. The van der Waals surface area contributed by atoms with E-state index in [0.29, 0.717) is 18.7 Å². The molecule has 0 aliphatic carbocycles. The Morgan fingerprint density at radius 3 is 2.35 bits per heavy atom. The number of sulfonamides is 1. The summed E-state index contributed by atoms with van der Waals surface area (Å²) in [7, 11) is -3.74. The maximum atomic E-state index is 12.6. The van der Waals surface area contributed by atoms with Gasteiger partial charge in [-0.15, -0.1) is 0 Å². The molecule has 0 heterocycles. The van der Waals surface area contributed by atoms with E-state index in [1.165, 1.54) is 12.1 Å². The minimum Gasteiger partial charge on any atom is -0.351 e. The lowest BCUT2D eigenvalue weighted by molar-refractivity contribution is -0.122. The lowest BCUT2D eigenvalue weighted by Gasteiger charge is -2.18. The van der Waals surface area contributed by atoms with E-state index in [4.69, 9.17) is 0 Å². The molecule has 26 heavy (non-hydrogen) atoms. The highest BCUT2D eigenvalue weighted by Gasteiger charge is 2.25. The van der Waals surface area contributed by atoms with Crippen molar-refractivity contribution in [2.24, 2.45) is 0 Å². The van der Waals surface area contributed by atoms with Crippen molar-refractivity contribution in [1.82, 2.24) is 10.0 Å². The molecule has 0 aliphatic heterocycles. The molecular formula is C19H24N2O3S2. The van der Waals surface area contributed by atoms with Gasteiger partial charge in [-0.25, -0.2) is 8.42 Å². The number of carbonyl (C=O) groups excluding carboxylic acids is 1. The highest BCUT2D eigenvalue weighted by atomic mass is 32.2. The molecular weight excluding hydrogens is 368 g/mol. The van der Waals surface area contributed by atoms with Crippen LogP contribution in [-0.4, -0.2) is 32.4 Å². The fraction of sp³-hybridized carbons (Fsp3) is 0.316. The first-order valence-corrected chi connectivity index (χ1v) is 11.2. The average Bonchev–Trinajstić information content (AvgIpc) is 2.65. The van der Waals surface area contributed by atoms with Crippen molar-refractivity contribution in [2.45, 2.75) is 30.8 Å². The van der Waals surface area contributed by atoms with Gasteiger partial charge in [-0.05, 0) is 43.0 Å². The normalized spacial score (nSPS) is 12.5. The number of amides is 1. The molecule has 2 aromatic carbocycles. The molecule has 7 heteroatoms. The highest BCUT2D eigenvalue weighted by Crippen LogP contribution is 2.11. The van der Waals surface area contributed by atoms with Crippen molar-refractivity contribution in [3.63, 3.8) is 0 Å². The SMILES string of the molecule is CSCCC(NS(=O)(=O)c1ccccc1)C(=O)NCc1ccc(C)cc1. The first-order chi connectivity index (χ1) is 12.4. The molecule has 0 spiro atoms. The number of rotatable bonds is 9. The Balaban J connectivity index is 2.05. The quantitative estimate of drug-likeness (QED) is 0.688. The average molecular weight is 393 g/mol. The summed E-state index contributed by atoms with van der Waals surface area (Å²) in [5.74, 6) is 0.360. The molecule has 0 saturated carbocycles. The van der Waals surface area contributed by atoms with Crippen LogP contribution in [0.15, 0.2) is 59.5 Å². The molecule has 0 saturated heterocycles. The number of hydrogen-bond donors (Lipinski definition) is 2. The van der Waals surface area contributed by atoms with Gasteiger partial charge in [-0.1, -0.05) is 48.0 Å². The zero-order chi connectivity index (χ0) is 19.0. The van der Waals surface area contributed by atoms with Gasteiger partial charge in [-0.3, -0.25) is 4.79 Å². The number of benzene rings is 2. The monoisotopic (exact) mass is 392 g/mol. The van der Waals surface area contributed by atoms with Crippen molar-refractivity contribution >= 4 is 27.7 Å². The number of nitrogens with one attached hydrogen (secondary N) is 2. The van der Waals surface area contributed by atoms with Crippen molar-refractivity contribution in [1.29, 1.82) is 0 Å². The van der Waals surface area contributed by atoms with Crippen LogP contribution >= 0.6 is 11.8 Å². The van der Waals surface area contributed by atoms with E-state index >= 15 is 0 Å². The third-order valence-corrected chi connectivity index (χ3v) is 6.00. The molecule has 1 amide bonds. The van der Waals surface area contributed by atoms with Gasteiger partial charge in [-0.2, -0.15) is 16.5 Å². The summed E-state index contributed by atoms with van der Waals surface area (Å²) in [5.41, 5.74) is 2.12. The maximum absolute atomic E-state index is 12.6. The summed E-state index contributed by atoms with van der Waals surface area (Å²) >= 11 is 1.57. The number of hydrogen-bond acceptors (Lipinski definition) is 4. The van der Waals surface area contributed by atoms with Crippen molar-refractivity contribution in [2.75, 3.05) is 12.0 Å². The Hall–Kier alpha value is -1.83. The van der Waals surface area contributed by atoms with E-state index in [-0.39, 0.29) is 10.8 Å². The zero-order valence-electron chi connectivity index (χ0n) is 14.9. The minimum atomic E-state index is -3.74. The van der Waals surface area contributed by atoms with Crippen LogP contribution in [0, 0.1) is 6.92 Å². The van der Waals surface area contributed by atoms with Crippen molar-refractivity contribution in [3.05, 3.63) is 65.7 Å². The Labute approximate surface area is 159 Å². The van der Waals surface area contributed by atoms with E-state index in [2.05, 4.69) is 10.0 Å². The first-order valence-electron chi connectivity index (χ1n) is 8.32. The molecule has 1 atom stereocenters. The second-order valence-corrected chi connectivity index (χ2v) is 8.67. The van der Waals surface area contributed by atoms with Crippen molar-refractivity contribution < 1.29 is 13.2 Å². The molecule has 5 nitrogen and oxygen atoms in total. The predicted octanol–water partition coefficient (Wildman–Crippen LogP) is 2.71. The van der Waals surface area contributed by atoms with Gasteiger partial charge in [0.25, 0.3) is 0 Å². The van der Waals surface area contributed by atoms with Gasteiger partial charge in [0.2, 0.25) is 15.9 Å². The molecule has 0 fully saturated rings. The van der Waals surface area contributed by atoms with Gasteiger partial charge < -0.3 is 5.32 Å². The number of thioether (sulfide) groups is 1. The van der Waals surface area contributed by atoms with Gasteiger partial charge in [0, 0.05) is 6.54 Å². The van der Waals surface area contributed by atoms with E-state index < -0.39 is 16.1 Å². The lowest BCUT2D eigenvalue weighted by atomic mass is 10.1. The fourth-order valence-electron chi connectivity index (χ4n) is 2.35. The minimum absolute atomic E-state index is 0.153. The topological polar surface area (TPSA) is 75.3 Å². The smallest absolute Gasteiger partial charge is 0.241 e. The van der Waals surface area contributed by atoms with Crippen molar-refractivity contribution in [3.8, 4) is 0 Å². The molecule has 0 bridgehead atoms. The Morgan fingerprint density at radius 1 is 1.08 bits per heavy atom. The second kappa shape index (κ2) is 9.75. The highest BCUT2D eigenvalue weighted by molar-refractivity contribution is 7.98. The third-order valence-electron chi connectivity index (χ3n) is 3.87. The van der Waals surface area contributed by atoms with E-state index in [1.54, 1.807) is 30.0 Å². The van der Waals surface area contributed by atoms with Crippen LogP contribution in [0.5, 0.6) is 0 Å². The second-order valence-electron chi connectivity index (χ2n) is 5.97. The van der Waals surface area contributed by atoms with Gasteiger partial charge in [0.15, 0.2) is 0 Å². The van der Waals surface area contributed by atoms with Crippen LogP contribution in [0.3, 0.4) is 0 Å². The fourth-order valence-corrected chi connectivity index (χ4v) is 4.07.